The number of benzene rings is 1. The van der Waals surface area contributed by atoms with Crippen LogP contribution in [0.4, 0.5) is 5.69 Å². The fraction of sp³-hybridized carbons (Fsp3) is 0.125. The van der Waals surface area contributed by atoms with Gasteiger partial charge in [0.05, 0.1) is 17.1 Å². The first kappa shape index (κ1) is 8.49. The molecule has 0 amide bonds. The number of nitro benzene ring substituents is 1. The number of fused-ring (bicyclic) bond motifs is 1. The van der Waals surface area contributed by atoms with Crippen molar-refractivity contribution in [1.29, 1.82) is 0 Å². The summed E-state index contributed by atoms with van der Waals surface area (Å²) in [6, 6.07) is 2.28. The third-order valence-electron chi connectivity index (χ3n) is 1.78. The molecule has 1 aromatic carbocycles. The zero-order chi connectivity index (χ0) is 10.3. The van der Waals surface area contributed by atoms with E-state index < -0.39 is 4.92 Å². The van der Waals surface area contributed by atoms with Gasteiger partial charge in [0, 0.05) is 6.92 Å². The van der Waals surface area contributed by atoms with E-state index in [0.717, 1.165) is 6.07 Å². The third-order valence-corrected chi connectivity index (χ3v) is 1.78. The number of rotatable bonds is 1. The van der Waals surface area contributed by atoms with Crippen LogP contribution in [0, 0.1) is 17.0 Å². The molecule has 1 heterocycles. The minimum Gasteiger partial charge on any atom is -0.505 e. The monoisotopic (exact) mass is 194 g/mol. The molecule has 0 saturated carbocycles. The summed E-state index contributed by atoms with van der Waals surface area (Å²) in [5.41, 5.74) is 0.244. The normalized spacial score (nSPS) is 10.6. The molecule has 1 aromatic heterocycles. The second kappa shape index (κ2) is 2.69. The van der Waals surface area contributed by atoms with Crippen LogP contribution >= 0.6 is 0 Å². The Morgan fingerprint density at radius 2 is 2.29 bits per heavy atom. The van der Waals surface area contributed by atoms with Gasteiger partial charge < -0.3 is 9.52 Å². The standard InChI is InChI=1S/C8H6N2O4/c1-4-9-8-6(11)2-5(10(12)13)3-7(8)14-4/h2-3,11H,1H3. The van der Waals surface area contributed by atoms with Crippen molar-refractivity contribution in [2.24, 2.45) is 0 Å². The van der Waals surface area contributed by atoms with E-state index in [1.165, 1.54) is 6.07 Å². The van der Waals surface area contributed by atoms with Crippen LogP contribution in [0.1, 0.15) is 5.89 Å². The van der Waals surface area contributed by atoms with Crippen molar-refractivity contribution in [2.45, 2.75) is 6.92 Å². The van der Waals surface area contributed by atoms with E-state index in [-0.39, 0.29) is 22.5 Å². The minimum absolute atomic E-state index is 0.217. The molecule has 0 aliphatic heterocycles. The van der Waals surface area contributed by atoms with Crippen molar-refractivity contribution in [1.82, 2.24) is 4.98 Å². The average Bonchev–Trinajstić information content (AvgIpc) is 2.45. The summed E-state index contributed by atoms with van der Waals surface area (Å²) >= 11 is 0. The second-order valence-electron chi connectivity index (χ2n) is 2.80. The van der Waals surface area contributed by atoms with E-state index in [9.17, 15) is 15.2 Å². The second-order valence-corrected chi connectivity index (χ2v) is 2.80. The van der Waals surface area contributed by atoms with Gasteiger partial charge in [-0.15, -0.1) is 0 Å². The number of hydrogen-bond donors (Lipinski definition) is 1. The van der Waals surface area contributed by atoms with E-state index in [1.807, 2.05) is 0 Å². The molecule has 0 saturated heterocycles. The van der Waals surface area contributed by atoms with Crippen molar-refractivity contribution in [2.75, 3.05) is 0 Å². The molecule has 0 bridgehead atoms. The maximum atomic E-state index is 10.4. The number of phenolic OH excluding ortho intramolecular Hbond substituents is 1. The van der Waals surface area contributed by atoms with Gasteiger partial charge in [0.15, 0.2) is 22.7 Å². The summed E-state index contributed by atoms with van der Waals surface area (Å²) in [7, 11) is 0. The highest BCUT2D eigenvalue weighted by molar-refractivity contribution is 5.82. The summed E-state index contributed by atoms with van der Waals surface area (Å²) in [4.78, 5) is 13.7. The quantitative estimate of drug-likeness (QED) is 0.551. The molecule has 2 aromatic rings. The zero-order valence-electron chi connectivity index (χ0n) is 7.22. The maximum absolute atomic E-state index is 10.4. The van der Waals surface area contributed by atoms with E-state index in [1.54, 1.807) is 6.92 Å². The maximum Gasteiger partial charge on any atom is 0.277 e. The molecule has 0 radical (unpaired) electrons. The van der Waals surface area contributed by atoms with E-state index in [4.69, 9.17) is 4.42 Å². The number of hydrogen-bond acceptors (Lipinski definition) is 5. The predicted molar refractivity (Wildman–Crippen MR) is 47.1 cm³/mol. The first-order valence-corrected chi connectivity index (χ1v) is 3.82. The van der Waals surface area contributed by atoms with Crippen molar-refractivity contribution >= 4 is 16.8 Å². The van der Waals surface area contributed by atoms with Gasteiger partial charge in [0.2, 0.25) is 0 Å². The number of nitro groups is 1. The predicted octanol–water partition coefficient (Wildman–Crippen LogP) is 1.75. The van der Waals surface area contributed by atoms with Gasteiger partial charge in [-0.1, -0.05) is 0 Å². The van der Waals surface area contributed by atoms with E-state index >= 15 is 0 Å². The van der Waals surface area contributed by atoms with Crippen LogP contribution < -0.4 is 0 Å². The Morgan fingerprint density at radius 3 is 2.93 bits per heavy atom. The molecule has 1 N–H and O–H groups in total. The highest BCUT2D eigenvalue weighted by Gasteiger charge is 2.14. The van der Waals surface area contributed by atoms with Crippen LogP contribution in [0.2, 0.25) is 0 Å². The van der Waals surface area contributed by atoms with Crippen molar-refractivity contribution in [3.63, 3.8) is 0 Å². The molecule has 0 atom stereocenters. The summed E-state index contributed by atoms with van der Waals surface area (Å²) in [5.74, 6) is 0.113. The van der Waals surface area contributed by atoms with Gasteiger partial charge in [0.1, 0.15) is 0 Å². The Bertz CT molecular complexity index is 517. The third kappa shape index (κ3) is 1.17. The fourth-order valence-corrected chi connectivity index (χ4v) is 1.21. The van der Waals surface area contributed by atoms with Gasteiger partial charge in [-0.3, -0.25) is 10.1 Å². The van der Waals surface area contributed by atoms with Gasteiger partial charge in [-0.2, -0.15) is 0 Å². The van der Waals surface area contributed by atoms with Gasteiger partial charge in [-0.25, -0.2) is 4.98 Å². The molecule has 72 valence electrons. The van der Waals surface area contributed by atoms with Crippen LogP contribution in [0.3, 0.4) is 0 Å². The fourth-order valence-electron chi connectivity index (χ4n) is 1.21. The summed E-state index contributed by atoms with van der Waals surface area (Å²) < 4.78 is 5.06. The Balaban J connectivity index is 2.77. The van der Waals surface area contributed by atoms with Crippen molar-refractivity contribution in [3.05, 3.63) is 28.1 Å². The number of aryl methyl sites for hydroxylation is 1. The van der Waals surface area contributed by atoms with E-state index in [2.05, 4.69) is 4.98 Å². The number of oxazole rings is 1. The number of aromatic nitrogens is 1. The average molecular weight is 194 g/mol. The largest absolute Gasteiger partial charge is 0.505 e. The minimum atomic E-state index is -0.600. The van der Waals surface area contributed by atoms with Crippen LogP contribution in [0.25, 0.3) is 11.1 Å². The number of aromatic hydroxyl groups is 1. The first-order valence-electron chi connectivity index (χ1n) is 3.82. The van der Waals surface area contributed by atoms with Gasteiger partial charge in [0.25, 0.3) is 5.69 Å². The molecular formula is C8H6N2O4. The molecular weight excluding hydrogens is 188 g/mol. The van der Waals surface area contributed by atoms with E-state index in [0.29, 0.717) is 5.89 Å². The molecule has 0 fully saturated rings. The molecule has 6 nitrogen and oxygen atoms in total. The Kier molecular flexibility index (Phi) is 1.63. The lowest BCUT2D eigenvalue weighted by molar-refractivity contribution is -0.384. The lowest BCUT2D eigenvalue weighted by Crippen LogP contribution is -1.86. The number of phenols is 1. The highest BCUT2D eigenvalue weighted by Crippen LogP contribution is 2.29. The molecule has 0 unspecified atom stereocenters. The molecule has 6 heteroatoms. The summed E-state index contributed by atoms with van der Waals surface area (Å²) in [5, 5.41) is 19.8. The van der Waals surface area contributed by atoms with Crippen LogP contribution in [-0.4, -0.2) is 15.0 Å². The summed E-state index contributed by atoms with van der Waals surface area (Å²) in [6.45, 7) is 1.60. The number of nitrogens with zero attached hydrogens (tertiary/aromatic N) is 2. The molecule has 0 spiro atoms. The lowest BCUT2D eigenvalue weighted by Gasteiger charge is -1.92. The zero-order valence-corrected chi connectivity index (χ0v) is 7.22. The SMILES string of the molecule is Cc1nc2c(O)cc([N+](=O)[O-])cc2o1. The van der Waals surface area contributed by atoms with Gasteiger partial charge >= 0.3 is 0 Å². The highest BCUT2D eigenvalue weighted by atomic mass is 16.6. The molecule has 14 heavy (non-hydrogen) atoms. The van der Waals surface area contributed by atoms with Gasteiger partial charge in [-0.05, 0) is 0 Å². The van der Waals surface area contributed by atoms with Crippen LogP contribution in [-0.2, 0) is 0 Å². The van der Waals surface area contributed by atoms with Crippen LogP contribution in [0.5, 0.6) is 5.75 Å². The first-order chi connectivity index (χ1) is 6.58. The van der Waals surface area contributed by atoms with Crippen molar-refractivity contribution in [3.8, 4) is 5.75 Å². The molecule has 0 aliphatic carbocycles. The molecule has 2 rings (SSSR count). The summed E-state index contributed by atoms with van der Waals surface area (Å²) in [6.07, 6.45) is 0. The topological polar surface area (TPSA) is 89.4 Å². The Hall–Kier alpha value is -2.11. The number of non-ortho nitro benzene ring substituents is 1. The Labute approximate surface area is 77.9 Å². The van der Waals surface area contributed by atoms with Crippen LogP contribution in [0.15, 0.2) is 16.5 Å². The molecule has 0 aliphatic rings. The smallest absolute Gasteiger partial charge is 0.277 e. The lowest BCUT2D eigenvalue weighted by atomic mass is 10.2. The van der Waals surface area contributed by atoms with Crippen molar-refractivity contribution < 1.29 is 14.4 Å². The Morgan fingerprint density at radius 1 is 1.57 bits per heavy atom.